The van der Waals surface area contributed by atoms with E-state index in [1.54, 1.807) is 35.4 Å². The fourth-order valence-corrected chi connectivity index (χ4v) is 4.15. The minimum Gasteiger partial charge on any atom is -0.467 e. The van der Waals surface area contributed by atoms with E-state index in [1.165, 1.54) is 23.9 Å². The van der Waals surface area contributed by atoms with Gasteiger partial charge in [-0.3, -0.25) is 4.79 Å². The van der Waals surface area contributed by atoms with Crippen LogP contribution in [0.4, 0.5) is 10.2 Å². The minimum atomic E-state index is -0.317. The Morgan fingerprint density at radius 1 is 1.24 bits per heavy atom. The molecule has 3 aromatic heterocycles. The number of amides is 1. The fraction of sp³-hybridized carbons (Fsp3) is 0.217. The second kappa shape index (κ2) is 9.75. The quantitative estimate of drug-likeness (QED) is 0.394. The van der Waals surface area contributed by atoms with Gasteiger partial charge in [-0.15, -0.1) is 10.2 Å². The molecule has 168 valence electrons. The number of anilines is 1. The molecule has 0 spiro atoms. The summed E-state index contributed by atoms with van der Waals surface area (Å²) in [6, 6.07) is 12.0. The fourth-order valence-electron chi connectivity index (χ4n) is 3.43. The molecule has 0 radical (unpaired) electrons. The predicted octanol–water partition coefficient (Wildman–Crippen LogP) is 4.13. The van der Waals surface area contributed by atoms with E-state index < -0.39 is 0 Å². The Kier molecular flexibility index (Phi) is 6.60. The number of benzene rings is 1. The molecular formula is C23H21FN6O2S. The Balaban J connectivity index is 1.49. The third-order valence-corrected chi connectivity index (χ3v) is 6.25. The number of hydrogen-bond acceptors (Lipinski definition) is 6. The number of nitriles is 1. The summed E-state index contributed by atoms with van der Waals surface area (Å²) >= 11 is 1.24. The van der Waals surface area contributed by atoms with Gasteiger partial charge in [0.25, 0.3) is 0 Å². The van der Waals surface area contributed by atoms with E-state index in [0.717, 1.165) is 22.6 Å². The zero-order valence-corrected chi connectivity index (χ0v) is 18.9. The minimum absolute atomic E-state index is 0.0849. The van der Waals surface area contributed by atoms with Gasteiger partial charge in [-0.2, -0.15) is 5.26 Å². The maximum Gasteiger partial charge on any atom is 0.235 e. The SMILES string of the molecule is Cc1c(C#N)c(NC(=O)CSc2nncn2Cc2ccco2)n(Cc2ccc(F)cc2)c1C. The largest absolute Gasteiger partial charge is 0.467 e. The van der Waals surface area contributed by atoms with Gasteiger partial charge in [-0.25, -0.2) is 4.39 Å². The first-order valence-corrected chi connectivity index (χ1v) is 11.1. The Bertz CT molecular complexity index is 1300. The van der Waals surface area contributed by atoms with Crippen molar-refractivity contribution < 1.29 is 13.6 Å². The zero-order valence-electron chi connectivity index (χ0n) is 18.1. The highest BCUT2D eigenvalue weighted by molar-refractivity contribution is 7.99. The predicted molar refractivity (Wildman–Crippen MR) is 121 cm³/mol. The third kappa shape index (κ3) is 4.99. The van der Waals surface area contributed by atoms with Crippen molar-refractivity contribution in [3.63, 3.8) is 0 Å². The highest BCUT2D eigenvalue weighted by atomic mass is 32.2. The van der Waals surface area contributed by atoms with Crippen LogP contribution in [0.2, 0.25) is 0 Å². The highest BCUT2D eigenvalue weighted by Gasteiger charge is 2.20. The van der Waals surface area contributed by atoms with Crippen molar-refractivity contribution in [2.24, 2.45) is 0 Å². The van der Waals surface area contributed by atoms with E-state index in [9.17, 15) is 14.4 Å². The van der Waals surface area contributed by atoms with Crippen molar-refractivity contribution in [3.8, 4) is 6.07 Å². The molecule has 0 unspecified atom stereocenters. The molecule has 0 bridgehead atoms. The maximum absolute atomic E-state index is 13.3. The van der Waals surface area contributed by atoms with Crippen LogP contribution in [0, 0.1) is 31.0 Å². The van der Waals surface area contributed by atoms with Crippen molar-refractivity contribution in [1.29, 1.82) is 5.26 Å². The van der Waals surface area contributed by atoms with Gasteiger partial charge in [0.1, 0.15) is 29.8 Å². The van der Waals surface area contributed by atoms with E-state index in [-0.39, 0.29) is 17.5 Å². The van der Waals surface area contributed by atoms with Gasteiger partial charge >= 0.3 is 0 Å². The molecule has 0 atom stereocenters. The lowest BCUT2D eigenvalue weighted by atomic mass is 10.2. The van der Waals surface area contributed by atoms with Crippen LogP contribution in [0.15, 0.2) is 58.6 Å². The van der Waals surface area contributed by atoms with Crippen LogP contribution in [-0.2, 0) is 17.9 Å². The van der Waals surface area contributed by atoms with Gasteiger partial charge in [-0.05, 0) is 49.2 Å². The van der Waals surface area contributed by atoms with Crippen LogP contribution >= 0.6 is 11.8 Å². The van der Waals surface area contributed by atoms with E-state index in [0.29, 0.717) is 29.6 Å². The highest BCUT2D eigenvalue weighted by Crippen LogP contribution is 2.28. The summed E-state index contributed by atoms with van der Waals surface area (Å²) in [6.45, 7) is 4.59. The average Bonchev–Trinajstić information content (AvgIpc) is 3.53. The lowest BCUT2D eigenvalue weighted by Crippen LogP contribution is -2.19. The first-order chi connectivity index (χ1) is 16.0. The van der Waals surface area contributed by atoms with Crippen LogP contribution in [0.3, 0.4) is 0 Å². The molecule has 0 saturated heterocycles. The molecule has 4 aromatic rings. The number of carbonyl (C=O) groups is 1. The topological polar surface area (TPSA) is 102 Å². The van der Waals surface area contributed by atoms with Crippen molar-refractivity contribution in [1.82, 2.24) is 19.3 Å². The second-order valence-corrected chi connectivity index (χ2v) is 8.36. The molecule has 1 aromatic carbocycles. The van der Waals surface area contributed by atoms with Crippen molar-refractivity contribution in [3.05, 3.63) is 83.0 Å². The summed E-state index contributed by atoms with van der Waals surface area (Å²) < 4.78 is 22.3. The lowest BCUT2D eigenvalue weighted by Gasteiger charge is -2.13. The summed E-state index contributed by atoms with van der Waals surface area (Å²) in [5.74, 6) is 0.676. The molecule has 4 rings (SSSR count). The molecule has 3 heterocycles. The second-order valence-electron chi connectivity index (χ2n) is 7.42. The Morgan fingerprint density at radius 2 is 2.03 bits per heavy atom. The molecule has 0 aliphatic rings. The third-order valence-electron chi connectivity index (χ3n) is 5.27. The van der Waals surface area contributed by atoms with E-state index in [4.69, 9.17) is 4.42 Å². The normalized spacial score (nSPS) is 10.8. The number of furan rings is 1. The van der Waals surface area contributed by atoms with Crippen molar-refractivity contribution in [2.45, 2.75) is 32.1 Å². The van der Waals surface area contributed by atoms with Crippen LogP contribution < -0.4 is 5.32 Å². The standard InChI is InChI=1S/C23H21FN6O2S/c1-15-16(2)30(11-17-5-7-18(24)8-6-17)22(20(15)10-25)27-21(31)13-33-23-28-26-14-29(23)12-19-4-3-9-32-19/h3-9,14H,11-13H2,1-2H3,(H,27,31). The molecule has 0 aliphatic carbocycles. The number of halogens is 1. The van der Waals surface area contributed by atoms with Gasteiger partial charge < -0.3 is 18.9 Å². The summed E-state index contributed by atoms with van der Waals surface area (Å²) in [5.41, 5.74) is 2.92. The number of nitrogens with zero attached hydrogens (tertiary/aromatic N) is 5. The molecule has 33 heavy (non-hydrogen) atoms. The average molecular weight is 465 g/mol. The molecule has 10 heteroatoms. The summed E-state index contributed by atoms with van der Waals surface area (Å²) in [4.78, 5) is 12.8. The first kappa shape index (κ1) is 22.4. The molecule has 0 aliphatic heterocycles. The summed E-state index contributed by atoms with van der Waals surface area (Å²) in [7, 11) is 0. The number of thioether (sulfide) groups is 1. The number of hydrogen-bond donors (Lipinski definition) is 1. The molecule has 0 fully saturated rings. The first-order valence-electron chi connectivity index (χ1n) is 10.1. The smallest absolute Gasteiger partial charge is 0.235 e. The summed E-state index contributed by atoms with van der Waals surface area (Å²) in [6.07, 6.45) is 3.18. The lowest BCUT2D eigenvalue weighted by molar-refractivity contribution is -0.113. The Hall–Kier alpha value is -3.84. The Labute approximate surface area is 194 Å². The molecule has 1 amide bonds. The van der Waals surface area contributed by atoms with Gasteiger partial charge in [0.05, 0.1) is 24.1 Å². The van der Waals surface area contributed by atoms with Gasteiger partial charge in [0, 0.05) is 12.2 Å². The van der Waals surface area contributed by atoms with Crippen LogP contribution in [0.25, 0.3) is 0 Å². The van der Waals surface area contributed by atoms with E-state index in [1.807, 2.05) is 24.5 Å². The molecule has 1 N–H and O–H groups in total. The number of aromatic nitrogens is 4. The number of rotatable bonds is 8. The number of nitrogens with one attached hydrogen (secondary N) is 1. The van der Waals surface area contributed by atoms with E-state index in [2.05, 4.69) is 21.6 Å². The van der Waals surface area contributed by atoms with Crippen LogP contribution in [0.1, 0.15) is 28.1 Å². The van der Waals surface area contributed by atoms with Crippen molar-refractivity contribution >= 4 is 23.5 Å². The molecule has 0 saturated carbocycles. The van der Waals surface area contributed by atoms with Crippen LogP contribution in [0.5, 0.6) is 0 Å². The van der Waals surface area contributed by atoms with Gasteiger partial charge in [-0.1, -0.05) is 23.9 Å². The van der Waals surface area contributed by atoms with Crippen molar-refractivity contribution in [2.75, 3.05) is 11.1 Å². The summed E-state index contributed by atoms with van der Waals surface area (Å²) in [5, 5.41) is 21.1. The maximum atomic E-state index is 13.3. The monoisotopic (exact) mass is 464 g/mol. The molecule has 8 nitrogen and oxygen atoms in total. The van der Waals surface area contributed by atoms with Gasteiger partial charge in [0.15, 0.2) is 5.16 Å². The zero-order chi connectivity index (χ0) is 23.4. The van der Waals surface area contributed by atoms with E-state index >= 15 is 0 Å². The van der Waals surface area contributed by atoms with Crippen LogP contribution in [-0.4, -0.2) is 31.0 Å². The Morgan fingerprint density at radius 3 is 2.73 bits per heavy atom. The molecular weight excluding hydrogens is 443 g/mol. The number of carbonyl (C=O) groups excluding carboxylic acids is 1. The van der Waals surface area contributed by atoms with Gasteiger partial charge in [0.2, 0.25) is 5.91 Å².